The van der Waals surface area contributed by atoms with E-state index in [1.807, 2.05) is 55.1 Å². The molecule has 0 saturated carbocycles. The molecule has 0 spiro atoms. The molecule has 3 rings (SSSR count). The van der Waals surface area contributed by atoms with Gasteiger partial charge >= 0.3 is 0 Å². The van der Waals surface area contributed by atoms with Crippen LogP contribution in [0.2, 0.25) is 0 Å². The van der Waals surface area contributed by atoms with Crippen LogP contribution in [0, 0.1) is 13.8 Å². The molecule has 2 amide bonds. The number of amides is 2. The molecule has 2 aromatic rings. The number of carbonyl (C=O) groups excluding carboxylic acids is 2. The quantitative estimate of drug-likeness (QED) is 0.742. The third kappa shape index (κ3) is 6.56. The zero-order valence-corrected chi connectivity index (χ0v) is 17.9. The molecule has 5 nitrogen and oxygen atoms in total. The highest BCUT2D eigenvalue weighted by Gasteiger charge is 2.21. The van der Waals surface area contributed by atoms with Crippen molar-refractivity contribution in [2.24, 2.45) is 0 Å². The minimum absolute atomic E-state index is 0.0977. The summed E-state index contributed by atoms with van der Waals surface area (Å²) in [5.41, 5.74) is 4.05. The van der Waals surface area contributed by atoms with Crippen LogP contribution in [0.5, 0.6) is 0 Å². The van der Waals surface area contributed by atoms with Crippen molar-refractivity contribution in [2.75, 3.05) is 38.0 Å². The van der Waals surface area contributed by atoms with Crippen LogP contribution >= 0.6 is 0 Å². The molecule has 0 bridgehead atoms. The van der Waals surface area contributed by atoms with Gasteiger partial charge in [-0.1, -0.05) is 54.6 Å². The Labute approximate surface area is 179 Å². The highest BCUT2D eigenvalue weighted by atomic mass is 16.2. The van der Waals surface area contributed by atoms with Crippen LogP contribution in [0.15, 0.2) is 54.6 Å². The first-order valence-corrected chi connectivity index (χ1v) is 10.6. The summed E-state index contributed by atoms with van der Waals surface area (Å²) in [6.45, 7) is 7.94. The summed E-state index contributed by atoms with van der Waals surface area (Å²) < 4.78 is 0. The van der Waals surface area contributed by atoms with E-state index in [0.717, 1.165) is 42.9 Å². The first kappa shape index (κ1) is 21.8. The summed E-state index contributed by atoms with van der Waals surface area (Å²) in [6, 6.07) is 16.2. The second kappa shape index (κ2) is 10.7. The normalized spacial score (nSPS) is 15.2. The molecule has 5 heteroatoms. The van der Waals surface area contributed by atoms with Crippen LogP contribution in [0.4, 0.5) is 5.69 Å². The van der Waals surface area contributed by atoms with Crippen LogP contribution < -0.4 is 5.32 Å². The summed E-state index contributed by atoms with van der Waals surface area (Å²) in [6.07, 6.45) is 5.11. The Kier molecular flexibility index (Phi) is 7.80. The number of anilines is 1. The van der Waals surface area contributed by atoms with Gasteiger partial charge in [-0.15, -0.1) is 0 Å². The maximum absolute atomic E-state index is 12.6. The summed E-state index contributed by atoms with van der Waals surface area (Å²) >= 11 is 0. The molecule has 1 heterocycles. The Balaban J connectivity index is 1.46. The van der Waals surface area contributed by atoms with Crippen molar-refractivity contribution in [1.29, 1.82) is 0 Å². The van der Waals surface area contributed by atoms with Gasteiger partial charge in [0.25, 0.3) is 0 Å². The van der Waals surface area contributed by atoms with Crippen LogP contribution in [0.3, 0.4) is 0 Å². The van der Waals surface area contributed by atoms with Gasteiger partial charge < -0.3 is 10.2 Å². The van der Waals surface area contributed by atoms with E-state index >= 15 is 0 Å². The fourth-order valence-electron chi connectivity index (χ4n) is 3.62. The lowest BCUT2D eigenvalue weighted by atomic mass is 10.1. The number of rotatable bonds is 6. The molecule has 30 heavy (non-hydrogen) atoms. The maximum Gasteiger partial charge on any atom is 0.233 e. The van der Waals surface area contributed by atoms with Gasteiger partial charge in [0, 0.05) is 38.4 Å². The molecule has 1 aliphatic heterocycles. The zero-order chi connectivity index (χ0) is 21.3. The first-order chi connectivity index (χ1) is 14.5. The molecule has 2 aromatic carbocycles. The molecule has 1 fully saturated rings. The topological polar surface area (TPSA) is 52.7 Å². The van der Waals surface area contributed by atoms with Crippen LogP contribution in [-0.4, -0.2) is 54.3 Å². The summed E-state index contributed by atoms with van der Waals surface area (Å²) in [4.78, 5) is 29.2. The lowest BCUT2D eigenvalue weighted by Crippen LogP contribution is -2.37. The van der Waals surface area contributed by atoms with E-state index in [1.165, 1.54) is 5.56 Å². The Morgan fingerprint density at radius 2 is 1.80 bits per heavy atom. The van der Waals surface area contributed by atoms with Gasteiger partial charge in [0.2, 0.25) is 11.8 Å². The third-order valence-electron chi connectivity index (χ3n) is 5.39. The average molecular weight is 406 g/mol. The van der Waals surface area contributed by atoms with E-state index in [-0.39, 0.29) is 18.2 Å². The van der Waals surface area contributed by atoms with Crippen LogP contribution in [0.25, 0.3) is 6.08 Å². The van der Waals surface area contributed by atoms with Crippen LogP contribution in [-0.2, 0) is 9.59 Å². The molecule has 158 valence electrons. The average Bonchev–Trinajstić information content (AvgIpc) is 2.97. The predicted molar refractivity (Wildman–Crippen MR) is 122 cm³/mol. The summed E-state index contributed by atoms with van der Waals surface area (Å²) in [5.74, 6) is -0.347. The van der Waals surface area contributed by atoms with Crippen molar-refractivity contribution in [3.05, 3.63) is 71.3 Å². The molecular formula is C25H31N3O2. The predicted octanol–water partition coefficient (Wildman–Crippen LogP) is 3.88. The lowest BCUT2D eigenvalue weighted by molar-refractivity contribution is -0.134. The van der Waals surface area contributed by atoms with Gasteiger partial charge in [-0.25, -0.2) is 0 Å². The smallest absolute Gasteiger partial charge is 0.233 e. The molecule has 0 unspecified atom stereocenters. The van der Waals surface area contributed by atoms with Crippen molar-refractivity contribution in [3.8, 4) is 0 Å². The van der Waals surface area contributed by atoms with Gasteiger partial charge in [-0.3, -0.25) is 14.5 Å². The number of carbonyl (C=O) groups is 2. The van der Waals surface area contributed by atoms with Gasteiger partial charge in [0.1, 0.15) is 6.42 Å². The van der Waals surface area contributed by atoms with Gasteiger partial charge in [-0.05, 0) is 43.0 Å². The molecule has 1 saturated heterocycles. The van der Waals surface area contributed by atoms with Crippen LogP contribution in [0.1, 0.15) is 29.5 Å². The lowest BCUT2D eigenvalue weighted by Gasteiger charge is -2.21. The van der Waals surface area contributed by atoms with Crippen molar-refractivity contribution in [3.63, 3.8) is 0 Å². The van der Waals surface area contributed by atoms with E-state index in [2.05, 4.69) is 34.5 Å². The van der Waals surface area contributed by atoms with E-state index in [0.29, 0.717) is 13.1 Å². The number of aryl methyl sites for hydroxylation is 2. The number of nitrogens with one attached hydrogen (secondary N) is 1. The highest BCUT2D eigenvalue weighted by molar-refractivity contribution is 6.03. The SMILES string of the molecule is Cc1ccc(C)c(NC(=O)CC(=O)N2CCCN(C/C=C/c3ccccc3)CC2)c1. The molecule has 1 aliphatic rings. The highest BCUT2D eigenvalue weighted by Crippen LogP contribution is 2.17. The monoisotopic (exact) mass is 405 g/mol. The van der Waals surface area contributed by atoms with Gasteiger partial charge in [0.15, 0.2) is 0 Å². The van der Waals surface area contributed by atoms with E-state index < -0.39 is 0 Å². The Morgan fingerprint density at radius 3 is 2.60 bits per heavy atom. The van der Waals surface area contributed by atoms with Gasteiger partial charge in [-0.2, -0.15) is 0 Å². The van der Waals surface area contributed by atoms with Gasteiger partial charge in [0.05, 0.1) is 0 Å². The molecule has 0 atom stereocenters. The third-order valence-corrected chi connectivity index (χ3v) is 5.39. The molecule has 0 aromatic heterocycles. The van der Waals surface area contributed by atoms with E-state index in [9.17, 15) is 9.59 Å². The maximum atomic E-state index is 12.6. The fourth-order valence-corrected chi connectivity index (χ4v) is 3.62. The standard InChI is InChI=1S/C25H31N3O2/c1-20-11-12-21(2)23(18-20)26-24(29)19-25(30)28-15-7-14-27(16-17-28)13-6-10-22-8-4-3-5-9-22/h3-6,8-12,18H,7,13-17,19H2,1-2H3,(H,26,29)/b10-6+. The van der Waals surface area contributed by atoms with Crippen molar-refractivity contribution >= 4 is 23.6 Å². The Bertz CT molecular complexity index is 893. The summed E-state index contributed by atoms with van der Waals surface area (Å²) in [7, 11) is 0. The minimum atomic E-state index is -0.249. The first-order valence-electron chi connectivity index (χ1n) is 10.6. The zero-order valence-electron chi connectivity index (χ0n) is 17.9. The summed E-state index contributed by atoms with van der Waals surface area (Å²) in [5, 5.41) is 2.88. The second-order valence-electron chi connectivity index (χ2n) is 7.89. The Morgan fingerprint density at radius 1 is 1.00 bits per heavy atom. The number of hydrogen-bond acceptors (Lipinski definition) is 3. The van der Waals surface area contributed by atoms with Crippen molar-refractivity contribution < 1.29 is 9.59 Å². The van der Waals surface area contributed by atoms with Crippen molar-refractivity contribution in [1.82, 2.24) is 9.80 Å². The Hall–Kier alpha value is -2.92. The number of benzene rings is 2. The molecular weight excluding hydrogens is 374 g/mol. The second-order valence-corrected chi connectivity index (χ2v) is 7.89. The molecule has 0 radical (unpaired) electrons. The molecule has 0 aliphatic carbocycles. The minimum Gasteiger partial charge on any atom is -0.341 e. The van der Waals surface area contributed by atoms with E-state index in [1.54, 1.807) is 0 Å². The van der Waals surface area contributed by atoms with E-state index in [4.69, 9.17) is 0 Å². The number of nitrogens with zero attached hydrogens (tertiary/aromatic N) is 2. The largest absolute Gasteiger partial charge is 0.341 e. The number of hydrogen-bond donors (Lipinski definition) is 1. The fraction of sp³-hybridized carbons (Fsp3) is 0.360. The molecule has 1 N–H and O–H groups in total. The van der Waals surface area contributed by atoms with Crippen molar-refractivity contribution in [2.45, 2.75) is 26.7 Å².